The van der Waals surface area contributed by atoms with Gasteiger partial charge >= 0.3 is 6.01 Å². The standard InChI is InChI=1S/C16H21N3O2S/c1-20-16-17-12-13-3-4-14(11-15(13)18-16)22-10-2-5-19-6-8-21-9-7-19/h3-4,11-12H,2,5-10H2,1H3. The molecule has 0 unspecified atom stereocenters. The molecule has 1 aliphatic heterocycles. The molecule has 2 aromatic rings. The maximum Gasteiger partial charge on any atom is 0.316 e. The number of morpholine rings is 1. The van der Waals surface area contributed by atoms with Gasteiger partial charge in [0.15, 0.2) is 0 Å². The van der Waals surface area contributed by atoms with E-state index in [1.807, 2.05) is 11.8 Å². The van der Waals surface area contributed by atoms with Gasteiger partial charge < -0.3 is 9.47 Å². The summed E-state index contributed by atoms with van der Waals surface area (Å²) in [6.07, 6.45) is 2.99. The molecule has 22 heavy (non-hydrogen) atoms. The Balaban J connectivity index is 1.52. The number of aromatic nitrogens is 2. The number of hydrogen-bond acceptors (Lipinski definition) is 6. The van der Waals surface area contributed by atoms with Gasteiger partial charge in [-0.1, -0.05) is 6.07 Å². The number of benzene rings is 1. The van der Waals surface area contributed by atoms with Gasteiger partial charge in [0, 0.05) is 29.6 Å². The lowest BCUT2D eigenvalue weighted by molar-refractivity contribution is 0.0381. The molecule has 0 spiro atoms. The van der Waals surface area contributed by atoms with Crippen LogP contribution in [0.5, 0.6) is 6.01 Å². The van der Waals surface area contributed by atoms with Crippen LogP contribution in [0.3, 0.4) is 0 Å². The van der Waals surface area contributed by atoms with Gasteiger partial charge in [0.05, 0.1) is 25.8 Å². The van der Waals surface area contributed by atoms with Crippen molar-refractivity contribution in [1.82, 2.24) is 14.9 Å². The van der Waals surface area contributed by atoms with Gasteiger partial charge in [-0.05, 0) is 30.9 Å². The SMILES string of the molecule is COc1ncc2ccc(SCCCN3CCOCC3)cc2n1. The molecule has 0 atom stereocenters. The Labute approximate surface area is 135 Å². The quantitative estimate of drug-likeness (QED) is 0.602. The first-order valence-corrected chi connectivity index (χ1v) is 8.57. The first kappa shape index (κ1) is 15.5. The molecule has 5 nitrogen and oxygen atoms in total. The summed E-state index contributed by atoms with van der Waals surface area (Å²) in [5.74, 6) is 1.12. The molecule has 1 aliphatic rings. The summed E-state index contributed by atoms with van der Waals surface area (Å²) in [5, 5.41) is 1.04. The molecule has 0 bridgehead atoms. The third kappa shape index (κ3) is 4.09. The van der Waals surface area contributed by atoms with E-state index in [0.717, 1.165) is 49.5 Å². The summed E-state index contributed by atoms with van der Waals surface area (Å²) in [5.41, 5.74) is 0.935. The van der Waals surface area contributed by atoms with Crippen LogP contribution in [-0.2, 0) is 4.74 Å². The Morgan fingerprint density at radius 1 is 1.32 bits per heavy atom. The third-order valence-electron chi connectivity index (χ3n) is 3.71. The van der Waals surface area contributed by atoms with Crippen LogP contribution in [0.4, 0.5) is 0 Å². The molecule has 0 radical (unpaired) electrons. The Kier molecular flexibility index (Phi) is 5.48. The molecular weight excluding hydrogens is 298 g/mol. The van der Waals surface area contributed by atoms with E-state index >= 15 is 0 Å². The molecular formula is C16H21N3O2S. The van der Waals surface area contributed by atoms with E-state index in [1.54, 1.807) is 13.3 Å². The van der Waals surface area contributed by atoms with Gasteiger partial charge in [0.2, 0.25) is 0 Å². The smallest absolute Gasteiger partial charge is 0.316 e. The van der Waals surface area contributed by atoms with Crippen LogP contribution in [0, 0.1) is 0 Å². The summed E-state index contributed by atoms with van der Waals surface area (Å²) in [6.45, 7) is 5.04. The fourth-order valence-corrected chi connectivity index (χ4v) is 3.35. The second-order valence-electron chi connectivity index (χ2n) is 5.23. The van der Waals surface area contributed by atoms with Crippen molar-refractivity contribution in [2.45, 2.75) is 11.3 Å². The molecule has 0 saturated carbocycles. The highest BCUT2D eigenvalue weighted by atomic mass is 32.2. The Bertz CT molecular complexity index is 617. The average molecular weight is 319 g/mol. The minimum atomic E-state index is 0.418. The molecule has 0 N–H and O–H groups in total. The molecule has 1 saturated heterocycles. The molecule has 1 fully saturated rings. The van der Waals surface area contributed by atoms with Gasteiger partial charge in [0.25, 0.3) is 0 Å². The van der Waals surface area contributed by atoms with Gasteiger partial charge in [-0.2, -0.15) is 4.98 Å². The maximum atomic E-state index is 5.37. The van der Waals surface area contributed by atoms with E-state index < -0.39 is 0 Å². The van der Waals surface area contributed by atoms with E-state index in [2.05, 4.69) is 33.1 Å². The van der Waals surface area contributed by atoms with Gasteiger partial charge in [-0.3, -0.25) is 4.90 Å². The van der Waals surface area contributed by atoms with Gasteiger partial charge in [0.1, 0.15) is 0 Å². The van der Waals surface area contributed by atoms with Crippen LogP contribution >= 0.6 is 11.8 Å². The Morgan fingerprint density at radius 2 is 2.18 bits per heavy atom. The highest BCUT2D eigenvalue weighted by molar-refractivity contribution is 7.99. The first-order chi connectivity index (χ1) is 10.8. The summed E-state index contributed by atoms with van der Waals surface area (Å²) in [4.78, 5) is 12.2. The number of nitrogens with zero attached hydrogens (tertiary/aromatic N) is 3. The van der Waals surface area contributed by atoms with Crippen molar-refractivity contribution in [2.24, 2.45) is 0 Å². The first-order valence-electron chi connectivity index (χ1n) is 7.59. The van der Waals surface area contributed by atoms with Crippen LogP contribution in [-0.4, -0.2) is 60.6 Å². The van der Waals surface area contributed by atoms with E-state index in [0.29, 0.717) is 6.01 Å². The molecule has 3 rings (SSSR count). The zero-order valence-corrected chi connectivity index (χ0v) is 13.6. The fraction of sp³-hybridized carbons (Fsp3) is 0.500. The topological polar surface area (TPSA) is 47.5 Å². The van der Waals surface area contributed by atoms with Crippen LogP contribution in [0.15, 0.2) is 29.3 Å². The average Bonchev–Trinajstić information content (AvgIpc) is 2.59. The number of ether oxygens (including phenoxy) is 2. The highest BCUT2D eigenvalue weighted by Gasteiger charge is 2.09. The molecule has 2 heterocycles. The second-order valence-corrected chi connectivity index (χ2v) is 6.40. The summed E-state index contributed by atoms with van der Waals surface area (Å²) in [7, 11) is 1.59. The fourth-order valence-electron chi connectivity index (χ4n) is 2.48. The lowest BCUT2D eigenvalue weighted by Crippen LogP contribution is -2.36. The normalized spacial score (nSPS) is 16.0. The van der Waals surface area contributed by atoms with Crippen molar-refractivity contribution in [3.63, 3.8) is 0 Å². The number of fused-ring (bicyclic) bond motifs is 1. The molecule has 1 aromatic carbocycles. The largest absolute Gasteiger partial charge is 0.467 e. The Hall–Kier alpha value is -1.37. The zero-order valence-electron chi connectivity index (χ0n) is 12.8. The van der Waals surface area contributed by atoms with Crippen LogP contribution in [0.2, 0.25) is 0 Å². The summed E-state index contributed by atoms with van der Waals surface area (Å²) >= 11 is 1.88. The predicted molar refractivity (Wildman–Crippen MR) is 88.7 cm³/mol. The van der Waals surface area contributed by atoms with E-state index in [4.69, 9.17) is 9.47 Å². The number of rotatable bonds is 6. The van der Waals surface area contributed by atoms with Crippen molar-refractivity contribution in [3.8, 4) is 6.01 Å². The monoisotopic (exact) mass is 319 g/mol. The number of methoxy groups -OCH3 is 1. The van der Waals surface area contributed by atoms with E-state index in [1.165, 1.54) is 11.3 Å². The highest BCUT2D eigenvalue weighted by Crippen LogP contribution is 2.23. The molecule has 118 valence electrons. The van der Waals surface area contributed by atoms with E-state index in [9.17, 15) is 0 Å². The van der Waals surface area contributed by atoms with Crippen LogP contribution in [0.25, 0.3) is 10.9 Å². The van der Waals surface area contributed by atoms with E-state index in [-0.39, 0.29) is 0 Å². The number of thioether (sulfide) groups is 1. The minimum absolute atomic E-state index is 0.418. The van der Waals surface area contributed by atoms with Crippen molar-refractivity contribution < 1.29 is 9.47 Å². The Morgan fingerprint density at radius 3 is 3.00 bits per heavy atom. The van der Waals surface area contributed by atoms with Crippen molar-refractivity contribution >= 4 is 22.7 Å². The maximum absolute atomic E-state index is 5.37. The van der Waals surface area contributed by atoms with Crippen molar-refractivity contribution in [3.05, 3.63) is 24.4 Å². The van der Waals surface area contributed by atoms with Gasteiger partial charge in [-0.15, -0.1) is 11.8 Å². The third-order valence-corrected chi connectivity index (χ3v) is 4.79. The minimum Gasteiger partial charge on any atom is -0.467 e. The summed E-state index contributed by atoms with van der Waals surface area (Å²) < 4.78 is 10.4. The molecule has 0 amide bonds. The van der Waals surface area contributed by atoms with Crippen molar-refractivity contribution in [1.29, 1.82) is 0 Å². The summed E-state index contributed by atoms with van der Waals surface area (Å²) in [6, 6.07) is 6.73. The van der Waals surface area contributed by atoms with Crippen LogP contribution in [0.1, 0.15) is 6.42 Å². The zero-order chi connectivity index (χ0) is 15.2. The second kappa shape index (κ2) is 7.76. The van der Waals surface area contributed by atoms with Crippen LogP contribution < -0.4 is 4.74 Å². The molecule has 6 heteroatoms. The lowest BCUT2D eigenvalue weighted by atomic mass is 10.2. The van der Waals surface area contributed by atoms with Crippen molar-refractivity contribution in [2.75, 3.05) is 45.7 Å². The lowest BCUT2D eigenvalue weighted by Gasteiger charge is -2.26. The molecule has 0 aliphatic carbocycles. The number of hydrogen-bond donors (Lipinski definition) is 0. The van der Waals surface area contributed by atoms with Gasteiger partial charge in [-0.25, -0.2) is 4.98 Å². The molecule has 1 aromatic heterocycles. The predicted octanol–water partition coefficient (Wildman–Crippen LogP) is 2.45.